The molecule has 27 heavy (non-hydrogen) atoms. The predicted octanol–water partition coefficient (Wildman–Crippen LogP) is 2.67. The Hall–Kier alpha value is -2.74. The first-order chi connectivity index (χ1) is 12.7. The molecular formula is C19H22N2O5S. The molecule has 0 fully saturated rings. The van der Waals surface area contributed by atoms with Crippen LogP contribution < -0.4 is 19.1 Å². The van der Waals surface area contributed by atoms with Gasteiger partial charge in [0.25, 0.3) is 5.91 Å². The topological polar surface area (TPSA) is 84.9 Å². The maximum Gasteiger partial charge on any atom is 0.255 e. The summed E-state index contributed by atoms with van der Waals surface area (Å²) in [6, 6.07) is 10.0. The van der Waals surface area contributed by atoms with Crippen LogP contribution in [0.5, 0.6) is 11.5 Å². The second kappa shape index (κ2) is 7.11. The molecule has 0 unspecified atom stereocenters. The van der Waals surface area contributed by atoms with Crippen LogP contribution in [0.15, 0.2) is 36.4 Å². The van der Waals surface area contributed by atoms with Gasteiger partial charge in [-0.1, -0.05) is 0 Å². The molecule has 3 rings (SSSR count). The average molecular weight is 390 g/mol. The van der Waals surface area contributed by atoms with E-state index in [0.717, 1.165) is 5.56 Å². The van der Waals surface area contributed by atoms with Crippen molar-refractivity contribution in [2.75, 3.05) is 30.1 Å². The Bertz CT molecular complexity index is 988. The predicted molar refractivity (Wildman–Crippen MR) is 104 cm³/mol. The van der Waals surface area contributed by atoms with Crippen LogP contribution in [0, 0.1) is 0 Å². The number of nitrogens with zero attached hydrogens (tertiary/aromatic N) is 1. The molecule has 1 amide bonds. The summed E-state index contributed by atoms with van der Waals surface area (Å²) in [5.41, 5.74) is 2.51. The lowest BCUT2D eigenvalue weighted by molar-refractivity contribution is 0.102. The van der Waals surface area contributed by atoms with Gasteiger partial charge in [0.1, 0.15) is 0 Å². The summed E-state index contributed by atoms with van der Waals surface area (Å²) in [5, 5.41) is 2.82. The molecule has 8 heteroatoms. The summed E-state index contributed by atoms with van der Waals surface area (Å²) < 4.78 is 35.8. The SMILES string of the molecule is COc1ccc(NC(=O)c2ccc3c(c2)C[C@@H](C)N3S(C)(=O)=O)cc1OC. The van der Waals surface area contributed by atoms with E-state index in [1.54, 1.807) is 43.5 Å². The molecular weight excluding hydrogens is 368 g/mol. The highest BCUT2D eigenvalue weighted by Crippen LogP contribution is 2.35. The van der Waals surface area contributed by atoms with Crippen LogP contribution >= 0.6 is 0 Å². The maximum absolute atomic E-state index is 12.6. The second-order valence-corrected chi connectivity index (χ2v) is 8.34. The lowest BCUT2D eigenvalue weighted by Gasteiger charge is -2.21. The van der Waals surface area contributed by atoms with Crippen molar-refractivity contribution in [2.45, 2.75) is 19.4 Å². The molecule has 0 saturated carbocycles. The van der Waals surface area contributed by atoms with E-state index >= 15 is 0 Å². The molecule has 1 aliphatic rings. The molecule has 0 aromatic heterocycles. The maximum atomic E-state index is 12.6. The van der Waals surface area contributed by atoms with Crippen molar-refractivity contribution in [1.82, 2.24) is 0 Å². The molecule has 1 N–H and O–H groups in total. The molecule has 0 bridgehead atoms. The fourth-order valence-electron chi connectivity index (χ4n) is 3.37. The highest BCUT2D eigenvalue weighted by molar-refractivity contribution is 7.92. The third kappa shape index (κ3) is 3.71. The molecule has 2 aromatic carbocycles. The fraction of sp³-hybridized carbons (Fsp3) is 0.316. The van der Waals surface area contributed by atoms with E-state index in [2.05, 4.69) is 5.32 Å². The Balaban J connectivity index is 1.84. The van der Waals surface area contributed by atoms with Crippen LogP contribution in [-0.2, 0) is 16.4 Å². The van der Waals surface area contributed by atoms with Gasteiger partial charge in [-0.25, -0.2) is 8.42 Å². The van der Waals surface area contributed by atoms with E-state index in [-0.39, 0.29) is 11.9 Å². The van der Waals surface area contributed by atoms with Gasteiger partial charge in [-0.05, 0) is 49.2 Å². The average Bonchev–Trinajstić information content (AvgIpc) is 2.96. The number of nitrogens with one attached hydrogen (secondary N) is 1. The van der Waals surface area contributed by atoms with Crippen LogP contribution in [-0.4, -0.2) is 40.8 Å². The number of anilines is 2. The van der Waals surface area contributed by atoms with Crippen LogP contribution in [0.1, 0.15) is 22.8 Å². The summed E-state index contributed by atoms with van der Waals surface area (Å²) in [5.74, 6) is 0.806. The number of carbonyl (C=O) groups is 1. The Labute approximate surface area is 158 Å². The minimum Gasteiger partial charge on any atom is -0.493 e. The third-order valence-corrected chi connectivity index (χ3v) is 5.76. The normalized spacial score (nSPS) is 16.0. The Kier molecular flexibility index (Phi) is 5.01. The van der Waals surface area contributed by atoms with Crippen LogP contribution in [0.4, 0.5) is 11.4 Å². The number of amides is 1. The summed E-state index contributed by atoms with van der Waals surface area (Å²) in [6.07, 6.45) is 1.76. The first-order valence-electron chi connectivity index (χ1n) is 8.40. The molecule has 2 aromatic rings. The van der Waals surface area contributed by atoms with Crippen molar-refractivity contribution < 1.29 is 22.7 Å². The van der Waals surface area contributed by atoms with Crippen molar-refractivity contribution >= 4 is 27.3 Å². The molecule has 0 saturated heterocycles. The van der Waals surface area contributed by atoms with Crippen LogP contribution in [0.3, 0.4) is 0 Å². The highest BCUT2D eigenvalue weighted by atomic mass is 32.2. The fourth-order valence-corrected chi connectivity index (χ4v) is 4.63. The second-order valence-electron chi connectivity index (χ2n) is 6.48. The van der Waals surface area contributed by atoms with E-state index < -0.39 is 10.0 Å². The number of methoxy groups -OCH3 is 2. The van der Waals surface area contributed by atoms with Crippen molar-refractivity contribution in [3.05, 3.63) is 47.5 Å². The zero-order chi connectivity index (χ0) is 19.8. The number of hydrogen-bond acceptors (Lipinski definition) is 5. The van der Waals surface area contributed by atoms with E-state index in [1.807, 2.05) is 6.92 Å². The van der Waals surface area contributed by atoms with Crippen molar-refractivity contribution in [1.29, 1.82) is 0 Å². The summed E-state index contributed by atoms with van der Waals surface area (Å²) in [6.45, 7) is 1.85. The van der Waals surface area contributed by atoms with Gasteiger partial charge in [-0.2, -0.15) is 0 Å². The number of rotatable bonds is 5. The molecule has 1 heterocycles. The van der Waals surface area contributed by atoms with Gasteiger partial charge in [0.15, 0.2) is 11.5 Å². The number of sulfonamides is 1. The van der Waals surface area contributed by atoms with Crippen molar-refractivity contribution in [3.8, 4) is 11.5 Å². The van der Waals surface area contributed by atoms with Gasteiger partial charge < -0.3 is 14.8 Å². The summed E-state index contributed by atoms with van der Waals surface area (Å²) >= 11 is 0. The lowest BCUT2D eigenvalue weighted by Crippen LogP contribution is -2.34. The Morgan fingerprint density at radius 2 is 1.81 bits per heavy atom. The number of ether oxygens (including phenoxy) is 2. The van der Waals surface area contributed by atoms with Crippen LogP contribution in [0.25, 0.3) is 0 Å². The molecule has 0 radical (unpaired) electrons. The number of hydrogen-bond donors (Lipinski definition) is 1. The number of carbonyl (C=O) groups excluding carboxylic acids is 1. The quantitative estimate of drug-likeness (QED) is 0.848. The molecule has 0 spiro atoms. The molecule has 7 nitrogen and oxygen atoms in total. The van der Waals surface area contributed by atoms with Crippen molar-refractivity contribution in [3.63, 3.8) is 0 Å². The Morgan fingerprint density at radius 1 is 1.11 bits per heavy atom. The number of fused-ring (bicyclic) bond motifs is 1. The first kappa shape index (κ1) is 19.0. The minimum atomic E-state index is -3.35. The zero-order valence-corrected chi connectivity index (χ0v) is 16.5. The monoisotopic (exact) mass is 390 g/mol. The molecule has 0 aliphatic carbocycles. The van der Waals surface area contributed by atoms with Gasteiger partial charge in [0.05, 0.1) is 26.2 Å². The summed E-state index contributed by atoms with van der Waals surface area (Å²) in [7, 11) is -0.285. The first-order valence-corrected chi connectivity index (χ1v) is 10.2. The Morgan fingerprint density at radius 3 is 2.44 bits per heavy atom. The van der Waals surface area contributed by atoms with Gasteiger partial charge >= 0.3 is 0 Å². The standard InChI is InChI=1S/C19H22N2O5S/c1-12-9-14-10-13(5-7-16(14)21(12)27(4,23)24)19(22)20-15-6-8-17(25-2)18(11-15)26-3/h5-8,10-12H,9H2,1-4H3,(H,20,22)/t12-/m1/s1. The van der Waals surface area contributed by atoms with Crippen molar-refractivity contribution in [2.24, 2.45) is 0 Å². The van der Waals surface area contributed by atoms with E-state index in [0.29, 0.717) is 34.9 Å². The third-order valence-electron chi connectivity index (χ3n) is 4.49. The smallest absolute Gasteiger partial charge is 0.255 e. The largest absolute Gasteiger partial charge is 0.493 e. The lowest BCUT2D eigenvalue weighted by atomic mass is 10.1. The summed E-state index contributed by atoms with van der Waals surface area (Å²) in [4.78, 5) is 12.6. The number of benzene rings is 2. The molecule has 1 aliphatic heterocycles. The minimum absolute atomic E-state index is 0.167. The van der Waals surface area contributed by atoms with Gasteiger partial charge in [-0.3, -0.25) is 9.10 Å². The van der Waals surface area contributed by atoms with Gasteiger partial charge in [-0.15, -0.1) is 0 Å². The zero-order valence-electron chi connectivity index (χ0n) is 15.6. The van der Waals surface area contributed by atoms with E-state index in [4.69, 9.17) is 9.47 Å². The van der Waals surface area contributed by atoms with Gasteiger partial charge in [0.2, 0.25) is 10.0 Å². The van der Waals surface area contributed by atoms with E-state index in [9.17, 15) is 13.2 Å². The van der Waals surface area contributed by atoms with E-state index in [1.165, 1.54) is 17.7 Å². The molecule has 144 valence electrons. The van der Waals surface area contributed by atoms with Crippen LogP contribution in [0.2, 0.25) is 0 Å². The highest BCUT2D eigenvalue weighted by Gasteiger charge is 2.32. The molecule has 1 atom stereocenters. The van der Waals surface area contributed by atoms with Gasteiger partial charge in [0, 0.05) is 23.4 Å².